The Balaban J connectivity index is 1.19. The number of Topliss-reactive ketones (excluding diaryl/α,β-unsaturated/α-hetero) is 1. The van der Waals surface area contributed by atoms with Crippen LogP contribution >= 0.6 is 0 Å². The van der Waals surface area contributed by atoms with Crippen LogP contribution in [0.2, 0.25) is 0 Å². The zero-order valence-electron chi connectivity index (χ0n) is 20.2. The normalized spacial score (nSPS) is 42.5. The summed E-state index contributed by atoms with van der Waals surface area (Å²) < 4.78 is 1.81. The van der Waals surface area contributed by atoms with Crippen LogP contribution in [0, 0.1) is 40.9 Å². The van der Waals surface area contributed by atoms with Crippen molar-refractivity contribution in [2.24, 2.45) is 40.9 Å². The molecule has 4 saturated carbocycles. The molecule has 1 heterocycles. The molecule has 1 N–H and O–H groups in total. The van der Waals surface area contributed by atoms with E-state index >= 15 is 0 Å². The molecule has 1 aromatic carbocycles. The van der Waals surface area contributed by atoms with E-state index in [1.807, 2.05) is 28.9 Å². The first-order valence-electron chi connectivity index (χ1n) is 13.5. The van der Waals surface area contributed by atoms with Gasteiger partial charge in [-0.15, -0.1) is 5.10 Å². The Kier molecular flexibility index (Phi) is 5.21. The minimum absolute atomic E-state index is 0.139. The maximum absolute atomic E-state index is 13.6. The summed E-state index contributed by atoms with van der Waals surface area (Å²) in [6.45, 7) is 4.93. The molecule has 4 fully saturated rings. The standard InChI is InChI=1S/C28H39N3O2/c1-3-28(33)15-13-19-18(16-28)8-9-21-20(19)12-14-27(2)22(21)10-11-23(27)26(32)17-31-25-7-5-4-6-24(25)29-30-31/h4-7,18-23,33H,3,8-17H2,1-2H3/t18-,19-,20+,21+,22-,23+,27-,28+/m0/s1. The number of aromatic nitrogens is 3. The first-order chi connectivity index (χ1) is 15.9. The second kappa shape index (κ2) is 7.90. The van der Waals surface area contributed by atoms with Gasteiger partial charge < -0.3 is 5.11 Å². The number of hydrogen-bond acceptors (Lipinski definition) is 4. The van der Waals surface area contributed by atoms with Crippen LogP contribution in [0.3, 0.4) is 0 Å². The fourth-order valence-corrected chi connectivity index (χ4v) is 9.10. The number of carbonyl (C=O) groups is 1. The highest BCUT2D eigenvalue weighted by atomic mass is 16.3. The summed E-state index contributed by atoms with van der Waals surface area (Å²) in [5.74, 6) is 4.31. The summed E-state index contributed by atoms with van der Waals surface area (Å²) in [4.78, 5) is 13.6. The van der Waals surface area contributed by atoms with Crippen LogP contribution in [0.1, 0.15) is 78.1 Å². The van der Waals surface area contributed by atoms with E-state index in [1.54, 1.807) is 0 Å². The number of nitrogens with zero attached hydrogens (tertiary/aromatic N) is 3. The molecule has 0 bridgehead atoms. The van der Waals surface area contributed by atoms with Gasteiger partial charge in [-0.2, -0.15) is 0 Å². The number of ketones is 1. The van der Waals surface area contributed by atoms with Crippen molar-refractivity contribution in [3.63, 3.8) is 0 Å². The number of hydrogen-bond donors (Lipinski definition) is 1. The smallest absolute Gasteiger partial charge is 0.157 e. The van der Waals surface area contributed by atoms with Crippen molar-refractivity contribution in [1.82, 2.24) is 15.0 Å². The molecule has 178 valence electrons. The van der Waals surface area contributed by atoms with Crippen LogP contribution in [0.15, 0.2) is 24.3 Å². The molecule has 8 atom stereocenters. The van der Waals surface area contributed by atoms with Crippen LogP contribution in [-0.2, 0) is 11.3 Å². The number of rotatable bonds is 4. The Labute approximate surface area is 197 Å². The highest BCUT2D eigenvalue weighted by molar-refractivity contribution is 5.84. The number of aliphatic hydroxyl groups is 1. The zero-order chi connectivity index (χ0) is 22.8. The van der Waals surface area contributed by atoms with Crippen LogP contribution in [-0.4, -0.2) is 31.5 Å². The molecule has 6 rings (SSSR count). The fourth-order valence-electron chi connectivity index (χ4n) is 9.10. The van der Waals surface area contributed by atoms with Gasteiger partial charge in [-0.3, -0.25) is 4.79 Å². The molecule has 5 heteroatoms. The molecule has 0 amide bonds. The summed E-state index contributed by atoms with van der Waals surface area (Å²) in [7, 11) is 0. The van der Waals surface area contributed by atoms with E-state index in [9.17, 15) is 9.90 Å². The molecule has 4 aliphatic rings. The lowest BCUT2D eigenvalue weighted by atomic mass is 9.48. The molecule has 33 heavy (non-hydrogen) atoms. The van der Waals surface area contributed by atoms with E-state index in [0.29, 0.717) is 24.2 Å². The predicted octanol–water partition coefficient (Wildman–Crippen LogP) is 5.41. The monoisotopic (exact) mass is 449 g/mol. The Morgan fingerprint density at radius 2 is 1.88 bits per heavy atom. The van der Waals surface area contributed by atoms with Crippen LogP contribution < -0.4 is 0 Å². The molecule has 2 aromatic rings. The third-order valence-electron chi connectivity index (χ3n) is 10.9. The van der Waals surface area contributed by atoms with Crippen LogP contribution in [0.4, 0.5) is 0 Å². The van der Waals surface area contributed by atoms with Crippen molar-refractivity contribution in [3.05, 3.63) is 24.3 Å². The Hall–Kier alpha value is -1.75. The van der Waals surface area contributed by atoms with E-state index in [1.165, 1.54) is 38.5 Å². The number of fused-ring (bicyclic) bond motifs is 6. The van der Waals surface area contributed by atoms with Crippen molar-refractivity contribution in [1.29, 1.82) is 0 Å². The summed E-state index contributed by atoms with van der Waals surface area (Å²) in [5, 5.41) is 19.5. The van der Waals surface area contributed by atoms with Crippen molar-refractivity contribution < 1.29 is 9.90 Å². The molecule has 0 unspecified atom stereocenters. The van der Waals surface area contributed by atoms with Crippen molar-refractivity contribution in [2.75, 3.05) is 0 Å². The van der Waals surface area contributed by atoms with Crippen molar-refractivity contribution in [2.45, 2.75) is 90.2 Å². The lowest BCUT2D eigenvalue weighted by Crippen LogP contribution is -2.51. The zero-order valence-corrected chi connectivity index (χ0v) is 20.2. The van der Waals surface area contributed by atoms with Gasteiger partial charge in [-0.05, 0) is 111 Å². The van der Waals surface area contributed by atoms with E-state index in [4.69, 9.17) is 0 Å². The molecule has 0 radical (unpaired) electrons. The van der Waals surface area contributed by atoms with Gasteiger partial charge in [0.25, 0.3) is 0 Å². The molecule has 0 saturated heterocycles. The van der Waals surface area contributed by atoms with Gasteiger partial charge in [-0.25, -0.2) is 4.68 Å². The molecule has 5 nitrogen and oxygen atoms in total. The topological polar surface area (TPSA) is 68.0 Å². The van der Waals surface area contributed by atoms with Crippen LogP contribution in [0.5, 0.6) is 0 Å². The minimum atomic E-state index is -0.409. The number of carbonyl (C=O) groups excluding carboxylic acids is 1. The second-order valence-corrected chi connectivity index (χ2v) is 12.1. The average Bonchev–Trinajstić information content (AvgIpc) is 3.39. The molecule has 0 aliphatic heterocycles. The quantitative estimate of drug-likeness (QED) is 0.678. The van der Waals surface area contributed by atoms with E-state index < -0.39 is 5.60 Å². The van der Waals surface area contributed by atoms with Gasteiger partial charge in [0.1, 0.15) is 12.1 Å². The SMILES string of the molecule is CC[C@@]1(O)CC[C@H]2[C@@H](CC[C@@H]3[C@@H]2CC[C@]2(C)[C@@H](C(=O)Cn4nnc5ccccc54)CC[C@@H]32)C1. The molecule has 0 spiro atoms. The Morgan fingerprint density at radius 3 is 2.73 bits per heavy atom. The fraction of sp³-hybridized carbons (Fsp3) is 0.750. The first-order valence-corrected chi connectivity index (χ1v) is 13.5. The lowest BCUT2D eigenvalue weighted by Gasteiger charge is -2.57. The van der Waals surface area contributed by atoms with Crippen molar-refractivity contribution >= 4 is 16.8 Å². The highest BCUT2D eigenvalue weighted by Gasteiger charge is 2.58. The van der Waals surface area contributed by atoms with E-state index in [-0.39, 0.29) is 11.3 Å². The maximum atomic E-state index is 13.6. The van der Waals surface area contributed by atoms with Crippen molar-refractivity contribution in [3.8, 4) is 0 Å². The molecule has 4 aliphatic carbocycles. The average molecular weight is 450 g/mol. The summed E-state index contributed by atoms with van der Waals surface area (Å²) in [6.07, 6.45) is 11.4. The third kappa shape index (κ3) is 3.40. The van der Waals surface area contributed by atoms with Gasteiger partial charge in [0, 0.05) is 5.92 Å². The van der Waals surface area contributed by atoms with Crippen LogP contribution in [0.25, 0.3) is 11.0 Å². The highest BCUT2D eigenvalue weighted by Crippen LogP contribution is 2.64. The summed E-state index contributed by atoms with van der Waals surface area (Å²) >= 11 is 0. The predicted molar refractivity (Wildman–Crippen MR) is 128 cm³/mol. The molecular formula is C28H39N3O2. The lowest BCUT2D eigenvalue weighted by molar-refractivity contribution is -0.133. The number of para-hydroxylation sites is 1. The second-order valence-electron chi connectivity index (χ2n) is 12.1. The molecular weight excluding hydrogens is 410 g/mol. The van der Waals surface area contributed by atoms with Gasteiger partial charge >= 0.3 is 0 Å². The maximum Gasteiger partial charge on any atom is 0.157 e. The van der Waals surface area contributed by atoms with E-state index in [0.717, 1.165) is 54.5 Å². The van der Waals surface area contributed by atoms with Gasteiger partial charge in [0.15, 0.2) is 5.78 Å². The summed E-state index contributed by atoms with van der Waals surface area (Å²) in [5.41, 5.74) is 1.55. The number of benzene rings is 1. The Morgan fingerprint density at radius 1 is 1.06 bits per heavy atom. The molecule has 1 aromatic heterocycles. The van der Waals surface area contributed by atoms with Gasteiger partial charge in [-0.1, -0.05) is 31.2 Å². The Bertz CT molecular complexity index is 1050. The van der Waals surface area contributed by atoms with Gasteiger partial charge in [0.2, 0.25) is 0 Å². The van der Waals surface area contributed by atoms with E-state index in [2.05, 4.69) is 24.2 Å². The third-order valence-corrected chi connectivity index (χ3v) is 10.9. The summed E-state index contributed by atoms with van der Waals surface area (Å²) in [6, 6.07) is 7.92. The minimum Gasteiger partial charge on any atom is -0.390 e. The largest absolute Gasteiger partial charge is 0.390 e. The van der Waals surface area contributed by atoms with Gasteiger partial charge in [0.05, 0.1) is 11.1 Å². The first kappa shape index (κ1) is 21.8.